The molecule has 2 aliphatic rings. The van der Waals surface area contributed by atoms with Crippen molar-refractivity contribution in [1.82, 2.24) is 10.2 Å². The summed E-state index contributed by atoms with van der Waals surface area (Å²) in [6, 6.07) is 0.548. The number of nitrogens with one attached hydrogen (secondary N) is 1. The molecular weight excluding hydrogens is 340 g/mol. The highest BCUT2D eigenvalue weighted by Crippen LogP contribution is 2.31. The summed E-state index contributed by atoms with van der Waals surface area (Å²) in [5.41, 5.74) is -1.53. The van der Waals surface area contributed by atoms with Gasteiger partial charge in [0, 0.05) is 26.5 Å². The molecule has 26 heavy (non-hydrogen) atoms. The Morgan fingerprint density at radius 3 is 2.62 bits per heavy atom. The van der Waals surface area contributed by atoms with Gasteiger partial charge in [-0.05, 0) is 25.7 Å². The average Bonchev–Trinajstić information content (AvgIpc) is 2.94. The van der Waals surface area contributed by atoms with Crippen LogP contribution in [0.25, 0.3) is 0 Å². The number of amides is 3. The minimum atomic E-state index is -1.53. The van der Waals surface area contributed by atoms with E-state index in [1.807, 2.05) is 0 Å². The number of carbonyl (C=O) groups is 3. The van der Waals surface area contributed by atoms with Crippen LogP contribution < -0.4 is 5.32 Å². The third-order valence-electron chi connectivity index (χ3n) is 4.55. The Hall–Kier alpha value is -1.77. The first kappa shape index (κ1) is 20.5. The van der Waals surface area contributed by atoms with Crippen LogP contribution in [0.4, 0.5) is 0 Å². The highest BCUT2D eigenvalue weighted by molar-refractivity contribution is 6.03. The van der Waals surface area contributed by atoms with Gasteiger partial charge in [0.05, 0.1) is 25.9 Å². The van der Waals surface area contributed by atoms with Gasteiger partial charge >= 0.3 is 0 Å². The van der Waals surface area contributed by atoms with Crippen molar-refractivity contribution in [2.75, 3.05) is 33.5 Å². The predicted octanol–water partition coefficient (Wildman–Crippen LogP) is 0.308. The van der Waals surface area contributed by atoms with Crippen LogP contribution in [-0.2, 0) is 23.9 Å². The number of imide groups is 1. The molecule has 0 saturated carbocycles. The van der Waals surface area contributed by atoms with E-state index in [2.05, 4.69) is 5.32 Å². The van der Waals surface area contributed by atoms with E-state index in [1.54, 1.807) is 19.3 Å². The fourth-order valence-electron chi connectivity index (χ4n) is 3.04. The van der Waals surface area contributed by atoms with Gasteiger partial charge < -0.3 is 19.9 Å². The fourth-order valence-corrected chi connectivity index (χ4v) is 3.04. The molecule has 8 nitrogen and oxygen atoms in total. The molecule has 1 fully saturated rings. The largest absolute Gasteiger partial charge is 0.382 e. The van der Waals surface area contributed by atoms with Crippen molar-refractivity contribution in [3.05, 3.63) is 18.2 Å². The average molecular weight is 367 g/mol. The van der Waals surface area contributed by atoms with Crippen molar-refractivity contribution in [3.8, 4) is 0 Å². The second kappa shape index (κ2) is 9.80. The number of ether oxygens (including phenoxy) is 2. The van der Waals surface area contributed by atoms with Crippen LogP contribution in [0.3, 0.4) is 0 Å². The van der Waals surface area contributed by atoms with Gasteiger partial charge in [0.15, 0.2) is 0 Å². The molecule has 1 aliphatic heterocycles. The zero-order chi connectivity index (χ0) is 19.0. The molecule has 2 N–H and O–H groups in total. The second-order valence-corrected chi connectivity index (χ2v) is 6.45. The third-order valence-corrected chi connectivity index (χ3v) is 4.55. The first-order valence-electron chi connectivity index (χ1n) is 8.93. The molecule has 1 heterocycles. The van der Waals surface area contributed by atoms with Crippen molar-refractivity contribution in [2.24, 2.45) is 0 Å². The van der Waals surface area contributed by atoms with E-state index >= 15 is 0 Å². The number of methoxy groups -OCH3 is 1. The summed E-state index contributed by atoms with van der Waals surface area (Å²) in [4.78, 5) is 37.4. The fraction of sp³-hybridized carbons (Fsp3) is 0.667. The van der Waals surface area contributed by atoms with Gasteiger partial charge in [-0.15, -0.1) is 0 Å². The Bertz CT molecular complexity index is 534. The van der Waals surface area contributed by atoms with E-state index in [0.29, 0.717) is 38.8 Å². The molecule has 8 heteroatoms. The lowest BCUT2D eigenvalue weighted by molar-refractivity contribution is -0.142. The Morgan fingerprint density at radius 2 is 1.92 bits per heavy atom. The normalized spacial score (nSPS) is 25.8. The summed E-state index contributed by atoms with van der Waals surface area (Å²) in [6.07, 6.45) is 5.17. The molecule has 3 amide bonds. The van der Waals surface area contributed by atoms with Crippen molar-refractivity contribution < 1.29 is 29.0 Å². The number of carbonyl (C=O) groups excluding carboxylic acids is 3. The minimum absolute atomic E-state index is 0.153. The molecule has 0 aromatic carbocycles. The SMILES string of the molecule is COCCOCCNC(=O)[C@]1(O)CC/C=C/[C](N2C(=O)CCC2=O)CC1. The monoisotopic (exact) mass is 367 g/mol. The summed E-state index contributed by atoms with van der Waals surface area (Å²) in [5.74, 6) is -0.908. The zero-order valence-electron chi connectivity index (χ0n) is 15.2. The van der Waals surface area contributed by atoms with Crippen LogP contribution in [0.2, 0.25) is 0 Å². The summed E-state index contributed by atoms with van der Waals surface area (Å²) < 4.78 is 10.1. The molecule has 0 bridgehead atoms. The van der Waals surface area contributed by atoms with Gasteiger partial charge in [0.1, 0.15) is 5.60 Å². The highest BCUT2D eigenvalue weighted by atomic mass is 16.5. The molecule has 1 aliphatic carbocycles. The highest BCUT2D eigenvalue weighted by Gasteiger charge is 2.40. The number of rotatable bonds is 8. The summed E-state index contributed by atoms with van der Waals surface area (Å²) >= 11 is 0. The van der Waals surface area contributed by atoms with Gasteiger partial charge in [-0.1, -0.05) is 12.2 Å². The smallest absolute Gasteiger partial charge is 0.252 e. The van der Waals surface area contributed by atoms with Crippen LogP contribution >= 0.6 is 0 Å². The first-order chi connectivity index (χ1) is 12.5. The molecule has 0 aromatic rings. The molecule has 1 atom stereocenters. The van der Waals surface area contributed by atoms with E-state index in [4.69, 9.17) is 9.47 Å². The molecular formula is C18H27N2O6. The van der Waals surface area contributed by atoms with Gasteiger partial charge in [0.25, 0.3) is 5.91 Å². The topological polar surface area (TPSA) is 105 Å². The summed E-state index contributed by atoms with van der Waals surface area (Å²) in [7, 11) is 1.58. The standard InChI is InChI=1S/C18H27N2O6/c1-25-12-13-26-11-10-19-17(23)18(24)8-3-2-4-14(7-9-18)20-15(21)5-6-16(20)22/h2,4,24H,3,5-13H2,1H3,(H,19,23)/b4-2+/t18-/m0/s1. The molecule has 0 aromatic heterocycles. The van der Waals surface area contributed by atoms with Crippen LogP contribution in [-0.4, -0.2) is 66.8 Å². The quantitative estimate of drug-likeness (QED) is 0.472. The van der Waals surface area contributed by atoms with Crippen molar-refractivity contribution in [2.45, 2.75) is 44.1 Å². The molecule has 1 radical (unpaired) electrons. The Kier molecular flexibility index (Phi) is 7.74. The summed E-state index contributed by atoms with van der Waals surface area (Å²) in [6.45, 7) is 1.55. The number of hydrogen-bond acceptors (Lipinski definition) is 6. The molecule has 0 spiro atoms. The lowest BCUT2D eigenvalue weighted by atomic mass is 9.86. The van der Waals surface area contributed by atoms with Crippen LogP contribution in [0, 0.1) is 6.04 Å². The van der Waals surface area contributed by atoms with Gasteiger partial charge in [0.2, 0.25) is 11.8 Å². The van der Waals surface area contributed by atoms with Crippen molar-refractivity contribution in [1.29, 1.82) is 0 Å². The third kappa shape index (κ3) is 5.36. The maximum Gasteiger partial charge on any atom is 0.252 e. The maximum atomic E-state index is 12.4. The number of nitrogens with zero attached hydrogens (tertiary/aromatic N) is 1. The van der Waals surface area contributed by atoms with Crippen LogP contribution in [0.15, 0.2) is 12.2 Å². The first-order valence-corrected chi connectivity index (χ1v) is 8.93. The number of allylic oxidation sites excluding steroid dienone is 1. The summed E-state index contributed by atoms with van der Waals surface area (Å²) in [5, 5.41) is 13.5. The maximum absolute atomic E-state index is 12.4. The van der Waals surface area contributed by atoms with Crippen molar-refractivity contribution in [3.63, 3.8) is 0 Å². The van der Waals surface area contributed by atoms with E-state index in [1.165, 1.54) is 4.90 Å². The minimum Gasteiger partial charge on any atom is -0.382 e. The van der Waals surface area contributed by atoms with Crippen LogP contribution in [0.1, 0.15) is 38.5 Å². The predicted molar refractivity (Wildman–Crippen MR) is 92.6 cm³/mol. The van der Waals surface area contributed by atoms with Gasteiger partial charge in [-0.2, -0.15) is 0 Å². The lowest BCUT2D eigenvalue weighted by Gasteiger charge is -2.31. The Morgan fingerprint density at radius 1 is 1.19 bits per heavy atom. The number of hydrogen-bond donors (Lipinski definition) is 2. The van der Waals surface area contributed by atoms with Gasteiger partial charge in [-0.3, -0.25) is 19.3 Å². The lowest BCUT2D eigenvalue weighted by Crippen LogP contribution is -2.48. The molecule has 145 valence electrons. The van der Waals surface area contributed by atoms with E-state index in [9.17, 15) is 19.5 Å². The van der Waals surface area contributed by atoms with E-state index in [0.717, 1.165) is 0 Å². The number of aliphatic hydroxyl groups is 1. The van der Waals surface area contributed by atoms with Crippen LogP contribution in [0.5, 0.6) is 0 Å². The van der Waals surface area contributed by atoms with E-state index in [-0.39, 0.29) is 43.9 Å². The zero-order valence-corrected chi connectivity index (χ0v) is 15.2. The van der Waals surface area contributed by atoms with E-state index < -0.39 is 11.5 Å². The second-order valence-electron chi connectivity index (χ2n) is 6.45. The Labute approximate surface area is 153 Å². The van der Waals surface area contributed by atoms with Crippen molar-refractivity contribution >= 4 is 17.7 Å². The molecule has 1 saturated heterocycles. The molecule has 0 unspecified atom stereocenters. The number of likely N-dealkylation sites (tertiary alicyclic amines) is 1. The van der Waals surface area contributed by atoms with Gasteiger partial charge in [-0.25, -0.2) is 0 Å². The molecule has 2 rings (SSSR count). The Balaban J connectivity index is 1.87.